The van der Waals surface area contributed by atoms with E-state index in [9.17, 15) is 4.79 Å². The molecule has 1 amide bonds. The van der Waals surface area contributed by atoms with Crippen molar-refractivity contribution in [3.8, 4) is 0 Å². The fourth-order valence-electron chi connectivity index (χ4n) is 1.78. The molecule has 104 valence electrons. The molecule has 2 heterocycles. The van der Waals surface area contributed by atoms with Gasteiger partial charge in [0.15, 0.2) is 0 Å². The molecule has 0 atom stereocenters. The molecule has 0 aliphatic carbocycles. The van der Waals surface area contributed by atoms with Gasteiger partial charge in [-0.2, -0.15) is 0 Å². The highest BCUT2D eigenvalue weighted by Crippen LogP contribution is 2.19. The molecule has 2 aromatic rings. The van der Waals surface area contributed by atoms with Crippen molar-refractivity contribution in [2.45, 2.75) is 13.5 Å². The van der Waals surface area contributed by atoms with Crippen molar-refractivity contribution in [3.05, 3.63) is 58.1 Å². The molecule has 0 aliphatic rings. The smallest absolute Gasteiger partial charge is 0.257 e. The van der Waals surface area contributed by atoms with Gasteiger partial charge in [0.2, 0.25) is 0 Å². The zero-order chi connectivity index (χ0) is 14.5. The van der Waals surface area contributed by atoms with E-state index in [1.54, 1.807) is 29.4 Å². The fourth-order valence-corrected chi connectivity index (χ4v) is 2.20. The Morgan fingerprint density at radius 2 is 1.90 bits per heavy atom. The van der Waals surface area contributed by atoms with Crippen LogP contribution in [0.25, 0.3) is 0 Å². The van der Waals surface area contributed by atoms with Crippen molar-refractivity contribution in [2.75, 3.05) is 6.54 Å². The summed E-state index contributed by atoms with van der Waals surface area (Å²) in [6, 6.07) is 6.89. The van der Waals surface area contributed by atoms with Gasteiger partial charge in [0.25, 0.3) is 5.91 Å². The average Bonchev–Trinajstić information content (AvgIpc) is 2.45. The lowest BCUT2D eigenvalue weighted by Crippen LogP contribution is -2.30. The van der Waals surface area contributed by atoms with Gasteiger partial charge < -0.3 is 4.90 Å². The van der Waals surface area contributed by atoms with Gasteiger partial charge in [-0.1, -0.05) is 23.2 Å². The van der Waals surface area contributed by atoms with Crippen molar-refractivity contribution >= 4 is 29.1 Å². The van der Waals surface area contributed by atoms with Crippen LogP contribution in [0.4, 0.5) is 0 Å². The van der Waals surface area contributed by atoms with Crippen molar-refractivity contribution in [1.82, 2.24) is 14.9 Å². The van der Waals surface area contributed by atoms with Crippen LogP contribution in [0.1, 0.15) is 22.8 Å². The SMILES string of the molecule is CCN(Cc1ccncc1)C(=O)c1ccc(Cl)nc1Cl. The Morgan fingerprint density at radius 3 is 2.50 bits per heavy atom. The maximum absolute atomic E-state index is 12.5. The molecule has 2 aromatic heterocycles. The van der Waals surface area contributed by atoms with Gasteiger partial charge in [-0.25, -0.2) is 4.98 Å². The van der Waals surface area contributed by atoms with Gasteiger partial charge in [-0.3, -0.25) is 9.78 Å². The van der Waals surface area contributed by atoms with E-state index in [4.69, 9.17) is 23.2 Å². The van der Waals surface area contributed by atoms with E-state index in [2.05, 4.69) is 9.97 Å². The third kappa shape index (κ3) is 3.46. The predicted molar refractivity (Wildman–Crippen MR) is 78.9 cm³/mol. The molecule has 0 radical (unpaired) electrons. The van der Waals surface area contributed by atoms with E-state index in [0.29, 0.717) is 18.7 Å². The largest absolute Gasteiger partial charge is 0.335 e. The molecule has 0 saturated carbocycles. The summed E-state index contributed by atoms with van der Waals surface area (Å²) in [6.07, 6.45) is 3.40. The summed E-state index contributed by atoms with van der Waals surface area (Å²) in [5.41, 5.74) is 1.36. The maximum Gasteiger partial charge on any atom is 0.257 e. The number of carbonyl (C=O) groups is 1. The zero-order valence-corrected chi connectivity index (χ0v) is 12.4. The quantitative estimate of drug-likeness (QED) is 0.813. The summed E-state index contributed by atoms with van der Waals surface area (Å²) in [5.74, 6) is -0.168. The lowest BCUT2D eigenvalue weighted by atomic mass is 10.2. The predicted octanol–water partition coefficient (Wildman–Crippen LogP) is 3.45. The third-order valence-electron chi connectivity index (χ3n) is 2.84. The fraction of sp³-hybridized carbons (Fsp3) is 0.214. The molecular weight excluding hydrogens is 297 g/mol. The normalized spacial score (nSPS) is 10.3. The van der Waals surface area contributed by atoms with Gasteiger partial charge in [-0.05, 0) is 36.8 Å². The lowest BCUT2D eigenvalue weighted by Gasteiger charge is -2.21. The van der Waals surface area contributed by atoms with Crippen LogP contribution in [-0.4, -0.2) is 27.3 Å². The number of halogens is 2. The second kappa shape index (κ2) is 6.68. The Morgan fingerprint density at radius 1 is 1.20 bits per heavy atom. The van der Waals surface area contributed by atoms with E-state index in [-0.39, 0.29) is 16.2 Å². The second-order valence-electron chi connectivity index (χ2n) is 4.15. The minimum Gasteiger partial charge on any atom is -0.335 e. The van der Waals surface area contributed by atoms with Crippen molar-refractivity contribution in [2.24, 2.45) is 0 Å². The van der Waals surface area contributed by atoms with E-state index >= 15 is 0 Å². The first-order valence-electron chi connectivity index (χ1n) is 6.12. The summed E-state index contributed by atoms with van der Waals surface area (Å²) in [5, 5.41) is 0.388. The van der Waals surface area contributed by atoms with Crippen molar-refractivity contribution < 1.29 is 4.79 Å². The van der Waals surface area contributed by atoms with Crippen LogP contribution in [0.3, 0.4) is 0 Å². The van der Waals surface area contributed by atoms with Crippen LogP contribution >= 0.6 is 23.2 Å². The first-order valence-corrected chi connectivity index (χ1v) is 6.87. The molecule has 0 unspecified atom stereocenters. The number of pyridine rings is 2. The molecule has 0 fully saturated rings. The Kier molecular flexibility index (Phi) is 4.93. The van der Waals surface area contributed by atoms with Crippen LogP contribution in [-0.2, 0) is 6.54 Å². The second-order valence-corrected chi connectivity index (χ2v) is 4.89. The molecule has 20 heavy (non-hydrogen) atoms. The first-order chi connectivity index (χ1) is 9.61. The highest BCUT2D eigenvalue weighted by atomic mass is 35.5. The van der Waals surface area contributed by atoms with Gasteiger partial charge in [0.1, 0.15) is 10.3 Å². The molecule has 0 spiro atoms. The maximum atomic E-state index is 12.5. The molecule has 6 heteroatoms. The molecule has 0 saturated heterocycles. The Bertz CT molecular complexity index is 605. The molecular formula is C14H13Cl2N3O. The third-order valence-corrected chi connectivity index (χ3v) is 3.34. The molecule has 4 nitrogen and oxygen atoms in total. The Labute approximate surface area is 127 Å². The number of rotatable bonds is 4. The first kappa shape index (κ1) is 14.8. The van der Waals surface area contributed by atoms with Crippen molar-refractivity contribution in [1.29, 1.82) is 0 Å². The van der Waals surface area contributed by atoms with Gasteiger partial charge in [-0.15, -0.1) is 0 Å². The Hall–Kier alpha value is -1.65. The lowest BCUT2D eigenvalue weighted by molar-refractivity contribution is 0.0752. The summed E-state index contributed by atoms with van der Waals surface area (Å²) < 4.78 is 0. The Balaban J connectivity index is 2.21. The minimum atomic E-state index is -0.168. The topological polar surface area (TPSA) is 46.1 Å². The minimum absolute atomic E-state index is 0.121. The standard InChI is InChI=1S/C14H13Cl2N3O/c1-2-19(9-10-5-7-17-8-6-10)14(20)11-3-4-12(15)18-13(11)16/h3-8H,2,9H2,1H3. The van der Waals surface area contributed by atoms with Crippen LogP contribution in [0.2, 0.25) is 10.3 Å². The summed E-state index contributed by atoms with van der Waals surface area (Å²) in [6.45, 7) is 2.98. The molecule has 0 aliphatic heterocycles. The number of hydrogen-bond acceptors (Lipinski definition) is 3. The monoisotopic (exact) mass is 309 g/mol. The van der Waals surface area contributed by atoms with E-state index in [1.807, 2.05) is 19.1 Å². The van der Waals surface area contributed by atoms with Gasteiger partial charge in [0, 0.05) is 25.5 Å². The summed E-state index contributed by atoms with van der Waals surface area (Å²) in [4.78, 5) is 22.0. The summed E-state index contributed by atoms with van der Waals surface area (Å²) in [7, 11) is 0. The summed E-state index contributed by atoms with van der Waals surface area (Å²) >= 11 is 11.7. The van der Waals surface area contributed by atoms with Crippen LogP contribution in [0.5, 0.6) is 0 Å². The molecule has 0 aromatic carbocycles. The van der Waals surface area contributed by atoms with Crippen molar-refractivity contribution in [3.63, 3.8) is 0 Å². The van der Waals surface area contributed by atoms with Gasteiger partial charge >= 0.3 is 0 Å². The highest BCUT2D eigenvalue weighted by molar-refractivity contribution is 6.34. The zero-order valence-electron chi connectivity index (χ0n) is 10.9. The number of hydrogen-bond donors (Lipinski definition) is 0. The van der Waals surface area contributed by atoms with E-state index in [1.165, 1.54) is 0 Å². The number of carbonyl (C=O) groups excluding carboxylic acids is 1. The molecule has 2 rings (SSSR count). The highest BCUT2D eigenvalue weighted by Gasteiger charge is 2.18. The van der Waals surface area contributed by atoms with Crippen LogP contribution < -0.4 is 0 Å². The van der Waals surface area contributed by atoms with Crippen LogP contribution in [0.15, 0.2) is 36.7 Å². The number of aromatic nitrogens is 2. The van der Waals surface area contributed by atoms with E-state index < -0.39 is 0 Å². The van der Waals surface area contributed by atoms with Gasteiger partial charge in [0.05, 0.1) is 5.56 Å². The van der Waals surface area contributed by atoms with Crippen LogP contribution in [0, 0.1) is 0 Å². The molecule has 0 N–H and O–H groups in total. The molecule has 0 bridgehead atoms. The number of nitrogens with zero attached hydrogens (tertiary/aromatic N) is 3. The van der Waals surface area contributed by atoms with E-state index in [0.717, 1.165) is 5.56 Å². The average molecular weight is 310 g/mol. The number of amides is 1.